The van der Waals surface area contributed by atoms with Gasteiger partial charge < -0.3 is 10.1 Å². The van der Waals surface area contributed by atoms with Crippen molar-refractivity contribution in [3.8, 4) is 0 Å². The molecular formula is C20H27N3O2. The molecule has 5 nitrogen and oxygen atoms in total. The van der Waals surface area contributed by atoms with Crippen LogP contribution in [0.1, 0.15) is 43.7 Å². The van der Waals surface area contributed by atoms with E-state index in [4.69, 9.17) is 4.74 Å². The Balaban J connectivity index is 1.42. The Hall–Kier alpha value is -2.14. The van der Waals surface area contributed by atoms with Gasteiger partial charge in [-0.25, -0.2) is 0 Å². The molecule has 1 aromatic heterocycles. The van der Waals surface area contributed by atoms with Crippen molar-refractivity contribution in [2.24, 2.45) is 5.92 Å². The molecule has 0 atom stereocenters. The van der Waals surface area contributed by atoms with Crippen molar-refractivity contribution >= 4 is 5.97 Å². The summed E-state index contributed by atoms with van der Waals surface area (Å²) < 4.78 is 7.10. The fourth-order valence-electron chi connectivity index (χ4n) is 3.41. The normalized spacial score (nSPS) is 20.4. The molecule has 5 heteroatoms. The van der Waals surface area contributed by atoms with Crippen LogP contribution in [0.25, 0.3) is 0 Å². The standard InChI is InChI=1S/C20H27N3O2/c1-2-25-20(24)18-8-10-19(11-9-18)21-12-17-13-22-23(15-17)14-16-6-4-3-5-7-16/h3-7,13,15,18-19,21H,2,8-12,14H2,1H3. The van der Waals surface area contributed by atoms with Crippen molar-refractivity contribution in [1.29, 1.82) is 0 Å². The number of aromatic nitrogens is 2. The number of ether oxygens (including phenoxy) is 1. The van der Waals surface area contributed by atoms with Crippen LogP contribution in [0, 0.1) is 5.92 Å². The third-order valence-corrected chi connectivity index (χ3v) is 4.82. The summed E-state index contributed by atoms with van der Waals surface area (Å²) in [4.78, 5) is 11.8. The second-order valence-electron chi connectivity index (χ2n) is 6.71. The molecule has 0 saturated heterocycles. The summed E-state index contributed by atoms with van der Waals surface area (Å²) >= 11 is 0. The van der Waals surface area contributed by atoms with Crippen LogP contribution in [-0.2, 0) is 22.6 Å². The molecule has 0 amide bonds. The summed E-state index contributed by atoms with van der Waals surface area (Å²) in [5, 5.41) is 8.05. The van der Waals surface area contributed by atoms with Gasteiger partial charge in [0, 0.05) is 24.3 Å². The van der Waals surface area contributed by atoms with E-state index in [1.54, 1.807) is 0 Å². The molecule has 2 aromatic rings. The average molecular weight is 341 g/mol. The molecule has 3 rings (SSSR count). The minimum atomic E-state index is -0.0249. The van der Waals surface area contributed by atoms with Crippen LogP contribution >= 0.6 is 0 Å². The van der Waals surface area contributed by atoms with Crippen LogP contribution in [0.5, 0.6) is 0 Å². The number of carbonyl (C=O) groups is 1. The minimum Gasteiger partial charge on any atom is -0.466 e. The molecule has 25 heavy (non-hydrogen) atoms. The summed E-state index contributed by atoms with van der Waals surface area (Å²) in [5.74, 6) is 0.0646. The van der Waals surface area contributed by atoms with Gasteiger partial charge in [-0.05, 0) is 38.2 Å². The van der Waals surface area contributed by atoms with Gasteiger partial charge in [0.25, 0.3) is 0 Å². The summed E-state index contributed by atoms with van der Waals surface area (Å²) in [6.07, 6.45) is 7.93. The number of nitrogens with one attached hydrogen (secondary N) is 1. The van der Waals surface area contributed by atoms with E-state index in [1.807, 2.05) is 36.0 Å². The lowest BCUT2D eigenvalue weighted by atomic mass is 9.86. The van der Waals surface area contributed by atoms with Gasteiger partial charge in [-0.15, -0.1) is 0 Å². The van der Waals surface area contributed by atoms with Crippen LogP contribution < -0.4 is 5.32 Å². The Bertz CT molecular complexity index is 661. The third-order valence-electron chi connectivity index (χ3n) is 4.82. The van der Waals surface area contributed by atoms with Gasteiger partial charge in [-0.2, -0.15) is 5.10 Å². The monoisotopic (exact) mass is 341 g/mol. The molecule has 0 spiro atoms. The summed E-state index contributed by atoms with van der Waals surface area (Å²) in [6.45, 7) is 3.96. The number of esters is 1. The Kier molecular flexibility index (Phi) is 6.23. The quantitative estimate of drug-likeness (QED) is 0.786. The van der Waals surface area contributed by atoms with Crippen molar-refractivity contribution < 1.29 is 9.53 Å². The molecule has 1 saturated carbocycles. The second-order valence-corrected chi connectivity index (χ2v) is 6.71. The predicted octanol–water partition coefficient (Wildman–Crippen LogP) is 3.14. The highest BCUT2D eigenvalue weighted by Gasteiger charge is 2.26. The van der Waals surface area contributed by atoms with Crippen LogP contribution in [0.2, 0.25) is 0 Å². The lowest BCUT2D eigenvalue weighted by Gasteiger charge is -2.27. The minimum absolute atomic E-state index is 0.0249. The van der Waals surface area contributed by atoms with E-state index in [0.29, 0.717) is 12.6 Å². The fourth-order valence-corrected chi connectivity index (χ4v) is 3.41. The summed E-state index contributed by atoms with van der Waals surface area (Å²) in [5.41, 5.74) is 2.45. The van der Waals surface area contributed by atoms with Crippen molar-refractivity contribution in [2.45, 2.75) is 51.7 Å². The van der Waals surface area contributed by atoms with Crippen molar-refractivity contribution in [1.82, 2.24) is 15.1 Å². The zero-order valence-electron chi connectivity index (χ0n) is 14.9. The summed E-state index contributed by atoms with van der Waals surface area (Å²) in [7, 11) is 0. The maximum Gasteiger partial charge on any atom is 0.308 e. The Morgan fingerprint density at radius 3 is 2.68 bits per heavy atom. The number of rotatable bonds is 7. The van der Waals surface area contributed by atoms with E-state index in [2.05, 4.69) is 28.7 Å². The number of carbonyl (C=O) groups excluding carboxylic acids is 1. The smallest absolute Gasteiger partial charge is 0.308 e. The second kappa shape index (κ2) is 8.81. The van der Waals surface area contributed by atoms with Gasteiger partial charge in [0.15, 0.2) is 0 Å². The molecule has 0 radical (unpaired) electrons. The Labute approximate surface area is 149 Å². The lowest BCUT2D eigenvalue weighted by molar-refractivity contribution is -0.149. The average Bonchev–Trinajstić information content (AvgIpc) is 3.09. The highest BCUT2D eigenvalue weighted by atomic mass is 16.5. The number of nitrogens with zero attached hydrogens (tertiary/aromatic N) is 2. The van der Waals surface area contributed by atoms with E-state index in [1.165, 1.54) is 11.1 Å². The van der Waals surface area contributed by atoms with Crippen molar-refractivity contribution in [3.63, 3.8) is 0 Å². The molecule has 1 heterocycles. The van der Waals surface area contributed by atoms with Gasteiger partial charge >= 0.3 is 5.97 Å². The molecule has 0 unspecified atom stereocenters. The van der Waals surface area contributed by atoms with E-state index in [0.717, 1.165) is 38.8 Å². The zero-order valence-corrected chi connectivity index (χ0v) is 14.9. The van der Waals surface area contributed by atoms with Crippen LogP contribution in [0.15, 0.2) is 42.7 Å². The molecule has 1 fully saturated rings. The van der Waals surface area contributed by atoms with Crippen LogP contribution in [-0.4, -0.2) is 28.4 Å². The highest BCUT2D eigenvalue weighted by Crippen LogP contribution is 2.25. The third kappa shape index (κ3) is 5.16. The molecule has 134 valence electrons. The SMILES string of the molecule is CCOC(=O)C1CCC(NCc2cnn(Cc3ccccc3)c2)CC1. The first-order chi connectivity index (χ1) is 12.2. The molecule has 1 aromatic carbocycles. The summed E-state index contributed by atoms with van der Waals surface area (Å²) in [6, 6.07) is 10.8. The molecule has 1 aliphatic rings. The number of benzene rings is 1. The highest BCUT2D eigenvalue weighted by molar-refractivity contribution is 5.72. The molecular weight excluding hydrogens is 314 g/mol. The first-order valence-corrected chi connectivity index (χ1v) is 9.20. The van der Waals surface area contributed by atoms with Gasteiger partial charge in [0.2, 0.25) is 0 Å². The Morgan fingerprint density at radius 1 is 1.20 bits per heavy atom. The van der Waals surface area contributed by atoms with E-state index in [9.17, 15) is 4.79 Å². The first-order valence-electron chi connectivity index (χ1n) is 9.20. The van der Waals surface area contributed by atoms with Gasteiger partial charge in [-0.1, -0.05) is 30.3 Å². The fraction of sp³-hybridized carbons (Fsp3) is 0.500. The zero-order chi connectivity index (χ0) is 17.5. The van der Waals surface area contributed by atoms with E-state index in [-0.39, 0.29) is 11.9 Å². The van der Waals surface area contributed by atoms with Gasteiger partial charge in [0.05, 0.1) is 25.3 Å². The Morgan fingerprint density at radius 2 is 1.96 bits per heavy atom. The molecule has 1 aliphatic carbocycles. The maximum atomic E-state index is 11.8. The number of hydrogen-bond acceptors (Lipinski definition) is 4. The van der Waals surface area contributed by atoms with Crippen LogP contribution in [0.3, 0.4) is 0 Å². The number of hydrogen-bond donors (Lipinski definition) is 1. The topological polar surface area (TPSA) is 56.1 Å². The van der Waals surface area contributed by atoms with Crippen molar-refractivity contribution in [2.75, 3.05) is 6.61 Å². The van der Waals surface area contributed by atoms with Crippen LogP contribution in [0.4, 0.5) is 0 Å². The van der Waals surface area contributed by atoms with Crippen molar-refractivity contribution in [3.05, 3.63) is 53.9 Å². The van der Waals surface area contributed by atoms with E-state index >= 15 is 0 Å². The first kappa shape index (κ1) is 17.7. The van der Waals surface area contributed by atoms with Gasteiger partial charge in [-0.3, -0.25) is 9.48 Å². The molecule has 0 aliphatic heterocycles. The van der Waals surface area contributed by atoms with E-state index < -0.39 is 0 Å². The maximum absolute atomic E-state index is 11.8. The molecule has 1 N–H and O–H groups in total. The molecule has 0 bridgehead atoms. The van der Waals surface area contributed by atoms with Gasteiger partial charge in [0.1, 0.15) is 0 Å². The lowest BCUT2D eigenvalue weighted by Crippen LogP contribution is -2.35. The largest absolute Gasteiger partial charge is 0.466 e. The predicted molar refractivity (Wildman–Crippen MR) is 97.0 cm³/mol.